The number of nitrogens with one attached hydrogen (secondary N) is 1. The van der Waals surface area contributed by atoms with E-state index < -0.39 is 23.6 Å². The van der Waals surface area contributed by atoms with E-state index in [2.05, 4.69) is 5.32 Å². The highest BCUT2D eigenvalue weighted by atomic mass is 19.4. The molecule has 1 heterocycles. The lowest BCUT2D eigenvalue weighted by atomic mass is 9.92. The van der Waals surface area contributed by atoms with Crippen molar-refractivity contribution in [3.05, 3.63) is 77.0 Å². The molecule has 0 unspecified atom stereocenters. The maximum atomic E-state index is 13.2. The Bertz CT molecular complexity index is 1290. The molecule has 0 aliphatic rings. The predicted molar refractivity (Wildman–Crippen MR) is 142 cm³/mol. The van der Waals surface area contributed by atoms with E-state index in [1.165, 1.54) is 17.0 Å². The van der Waals surface area contributed by atoms with Gasteiger partial charge in [0.1, 0.15) is 12.4 Å². The van der Waals surface area contributed by atoms with Gasteiger partial charge in [0.2, 0.25) is 5.91 Å². The van der Waals surface area contributed by atoms with Crippen LogP contribution in [0.2, 0.25) is 0 Å². The number of likely N-dealkylation sites (N-methyl/N-ethyl adjacent to an activating group) is 1. The number of anilines is 1. The van der Waals surface area contributed by atoms with Crippen LogP contribution in [0.4, 0.5) is 19.0 Å². The average Bonchev–Trinajstić information content (AvgIpc) is 3.25. The van der Waals surface area contributed by atoms with Gasteiger partial charge in [0.25, 0.3) is 5.91 Å². The molecule has 1 N–H and O–H groups in total. The van der Waals surface area contributed by atoms with Gasteiger partial charge in [-0.3, -0.25) is 9.59 Å². The van der Waals surface area contributed by atoms with E-state index in [1.807, 2.05) is 71.0 Å². The van der Waals surface area contributed by atoms with Crippen LogP contribution in [0.15, 0.2) is 54.6 Å². The normalized spacial score (nSPS) is 12.1. The Kier molecular flexibility index (Phi) is 8.66. The van der Waals surface area contributed by atoms with E-state index in [0.717, 1.165) is 29.1 Å². The quantitative estimate of drug-likeness (QED) is 0.439. The topological polar surface area (TPSA) is 70.5 Å². The first-order valence-corrected chi connectivity index (χ1v) is 12.2. The van der Waals surface area contributed by atoms with Gasteiger partial charge in [-0.1, -0.05) is 45.0 Å². The third-order valence-corrected chi connectivity index (χ3v) is 5.96. The molecule has 0 fully saturated rings. The minimum atomic E-state index is -4.58. The zero-order valence-corrected chi connectivity index (χ0v) is 22.6. The molecule has 0 aliphatic heterocycles. The van der Waals surface area contributed by atoms with Gasteiger partial charge in [-0.2, -0.15) is 18.3 Å². The minimum absolute atomic E-state index is 0.133. The van der Waals surface area contributed by atoms with Crippen molar-refractivity contribution < 1.29 is 22.8 Å². The van der Waals surface area contributed by atoms with Gasteiger partial charge in [-0.15, -0.1) is 0 Å². The molecular formula is C28H34F3N5O2. The molecule has 0 spiro atoms. The molecule has 1 aromatic heterocycles. The zero-order valence-electron chi connectivity index (χ0n) is 22.6. The SMILES string of the molecule is Cc1ccccc1-n1nc(C(C)(C)C)cc1NC(=O)CN(CCN(C)C)C(=O)c1cccc(C(F)(F)F)c1. The van der Waals surface area contributed by atoms with Gasteiger partial charge >= 0.3 is 6.18 Å². The summed E-state index contributed by atoms with van der Waals surface area (Å²) in [6.07, 6.45) is -4.58. The number of rotatable bonds is 8. The van der Waals surface area contributed by atoms with E-state index in [4.69, 9.17) is 5.10 Å². The van der Waals surface area contributed by atoms with Crippen molar-refractivity contribution >= 4 is 17.6 Å². The second-order valence-corrected chi connectivity index (χ2v) is 10.5. The molecule has 0 bridgehead atoms. The fourth-order valence-electron chi connectivity index (χ4n) is 3.76. The summed E-state index contributed by atoms with van der Waals surface area (Å²) in [5.41, 5.74) is 1.18. The summed E-state index contributed by atoms with van der Waals surface area (Å²) in [5.74, 6) is -0.705. The number of alkyl halides is 3. The Hall–Kier alpha value is -3.66. The van der Waals surface area contributed by atoms with Crippen LogP contribution >= 0.6 is 0 Å². The van der Waals surface area contributed by atoms with Crippen LogP contribution in [0.3, 0.4) is 0 Å². The third-order valence-electron chi connectivity index (χ3n) is 5.96. The van der Waals surface area contributed by atoms with Crippen LogP contribution in [-0.2, 0) is 16.4 Å². The standard InChI is InChI=1S/C28H34F3N5O2/c1-19-10-7-8-13-22(19)36-24(17-23(33-36)27(2,3)4)32-25(37)18-35(15-14-34(5)6)26(38)20-11-9-12-21(16-20)28(29,30)31/h7-13,16-17H,14-15,18H2,1-6H3,(H,32,37). The first-order valence-electron chi connectivity index (χ1n) is 12.2. The summed E-state index contributed by atoms with van der Waals surface area (Å²) in [4.78, 5) is 29.5. The monoisotopic (exact) mass is 529 g/mol. The number of nitrogens with zero attached hydrogens (tertiary/aromatic N) is 4. The molecule has 2 aromatic carbocycles. The second kappa shape index (κ2) is 11.4. The maximum absolute atomic E-state index is 13.2. The predicted octanol–water partition coefficient (Wildman–Crippen LogP) is 5.14. The molecule has 3 rings (SSSR count). The van der Waals surface area contributed by atoms with Crippen molar-refractivity contribution in [2.45, 2.75) is 39.3 Å². The molecule has 0 aliphatic carbocycles. The molecular weight excluding hydrogens is 495 g/mol. The molecule has 204 valence electrons. The lowest BCUT2D eigenvalue weighted by Crippen LogP contribution is -2.41. The van der Waals surface area contributed by atoms with Gasteiger partial charge < -0.3 is 15.1 Å². The summed E-state index contributed by atoms with van der Waals surface area (Å²) in [5, 5.41) is 7.59. The first-order chi connectivity index (χ1) is 17.7. The van der Waals surface area contributed by atoms with Crippen LogP contribution < -0.4 is 5.32 Å². The van der Waals surface area contributed by atoms with Crippen molar-refractivity contribution in [3.8, 4) is 5.69 Å². The minimum Gasteiger partial charge on any atom is -0.328 e. The Morgan fingerprint density at radius 3 is 2.26 bits per heavy atom. The van der Waals surface area contributed by atoms with E-state index in [1.54, 1.807) is 10.7 Å². The van der Waals surface area contributed by atoms with E-state index >= 15 is 0 Å². The Morgan fingerprint density at radius 1 is 0.974 bits per heavy atom. The summed E-state index contributed by atoms with van der Waals surface area (Å²) in [6, 6.07) is 13.6. The Balaban J connectivity index is 1.90. The lowest BCUT2D eigenvalue weighted by molar-refractivity contribution is -0.137. The Morgan fingerprint density at radius 2 is 1.66 bits per heavy atom. The van der Waals surface area contributed by atoms with Gasteiger partial charge in [0.15, 0.2) is 0 Å². The highest BCUT2D eigenvalue weighted by Crippen LogP contribution is 2.30. The van der Waals surface area contributed by atoms with Crippen molar-refractivity contribution in [1.82, 2.24) is 19.6 Å². The van der Waals surface area contributed by atoms with Crippen LogP contribution in [0.1, 0.15) is 48.0 Å². The molecule has 0 saturated heterocycles. The number of para-hydroxylation sites is 1. The largest absolute Gasteiger partial charge is 0.416 e. The smallest absolute Gasteiger partial charge is 0.328 e. The molecule has 2 amide bonds. The number of aromatic nitrogens is 2. The molecule has 7 nitrogen and oxygen atoms in total. The van der Waals surface area contributed by atoms with Crippen LogP contribution in [-0.4, -0.2) is 65.1 Å². The summed E-state index contributed by atoms with van der Waals surface area (Å²) < 4.78 is 41.3. The number of halogens is 3. The second-order valence-electron chi connectivity index (χ2n) is 10.5. The number of amides is 2. The van der Waals surface area contributed by atoms with Gasteiger partial charge in [-0.25, -0.2) is 4.68 Å². The number of hydrogen-bond acceptors (Lipinski definition) is 4. The van der Waals surface area contributed by atoms with Crippen LogP contribution in [0.5, 0.6) is 0 Å². The van der Waals surface area contributed by atoms with E-state index in [0.29, 0.717) is 12.4 Å². The number of hydrogen-bond donors (Lipinski definition) is 1. The summed E-state index contributed by atoms with van der Waals surface area (Å²) in [6.45, 7) is 8.22. The molecule has 3 aromatic rings. The molecule has 0 atom stereocenters. The number of aryl methyl sites for hydroxylation is 1. The van der Waals surface area contributed by atoms with Crippen molar-refractivity contribution in [2.75, 3.05) is 39.0 Å². The first kappa shape index (κ1) is 28.9. The molecule has 0 saturated carbocycles. The van der Waals surface area contributed by atoms with Crippen LogP contribution in [0.25, 0.3) is 5.69 Å². The van der Waals surface area contributed by atoms with Crippen molar-refractivity contribution in [1.29, 1.82) is 0 Å². The van der Waals surface area contributed by atoms with Gasteiger partial charge in [-0.05, 0) is 50.8 Å². The lowest BCUT2D eigenvalue weighted by Gasteiger charge is -2.24. The fourth-order valence-corrected chi connectivity index (χ4v) is 3.76. The number of carbonyl (C=O) groups excluding carboxylic acids is 2. The highest BCUT2D eigenvalue weighted by Gasteiger charge is 2.31. The average molecular weight is 530 g/mol. The van der Waals surface area contributed by atoms with Crippen molar-refractivity contribution in [3.63, 3.8) is 0 Å². The maximum Gasteiger partial charge on any atom is 0.416 e. The van der Waals surface area contributed by atoms with Gasteiger partial charge in [0.05, 0.1) is 16.9 Å². The molecule has 10 heteroatoms. The molecule has 0 radical (unpaired) electrons. The van der Waals surface area contributed by atoms with E-state index in [9.17, 15) is 22.8 Å². The molecule has 38 heavy (non-hydrogen) atoms. The summed E-state index contributed by atoms with van der Waals surface area (Å²) >= 11 is 0. The van der Waals surface area contributed by atoms with Gasteiger partial charge in [0, 0.05) is 30.1 Å². The number of carbonyl (C=O) groups is 2. The van der Waals surface area contributed by atoms with E-state index in [-0.39, 0.29) is 24.1 Å². The van der Waals surface area contributed by atoms with Crippen molar-refractivity contribution in [2.24, 2.45) is 0 Å². The third kappa shape index (κ3) is 7.22. The number of benzene rings is 2. The summed E-state index contributed by atoms with van der Waals surface area (Å²) in [7, 11) is 3.61. The fraction of sp³-hybridized carbons (Fsp3) is 0.393. The highest BCUT2D eigenvalue weighted by molar-refractivity contribution is 5.99. The van der Waals surface area contributed by atoms with Crippen LogP contribution in [0, 0.1) is 6.92 Å². The zero-order chi connectivity index (χ0) is 28.3. The Labute approximate surface area is 221 Å².